The molecule has 1 atom stereocenters. The van der Waals surface area contributed by atoms with Crippen LogP contribution in [0.15, 0.2) is 18.2 Å². The lowest BCUT2D eigenvalue weighted by molar-refractivity contribution is -0.145. The number of ether oxygens (including phenoxy) is 2. The highest BCUT2D eigenvalue weighted by Crippen LogP contribution is 2.28. The SMILES string of the molecule is COc1cc(CO)ccc1OCC(C)(NC(C)C)C(=O)O. The average Bonchev–Trinajstić information content (AvgIpc) is 2.44. The van der Waals surface area contributed by atoms with E-state index in [1.54, 1.807) is 25.1 Å². The zero-order valence-corrected chi connectivity index (χ0v) is 12.8. The van der Waals surface area contributed by atoms with Gasteiger partial charge in [0, 0.05) is 6.04 Å². The second-order valence-corrected chi connectivity index (χ2v) is 5.37. The molecule has 0 bridgehead atoms. The molecule has 1 aromatic rings. The number of hydrogen-bond donors (Lipinski definition) is 3. The Hall–Kier alpha value is -1.79. The average molecular weight is 297 g/mol. The van der Waals surface area contributed by atoms with Gasteiger partial charge in [-0.2, -0.15) is 0 Å². The second kappa shape index (κ2) is 7.28. The fourth-order valence-electron chi connectivity index (χ4n) is 1.95. The van der Waals surface area contributed by atoms with Crippen LogP contribution in [0.1, 0.15) is 26.3 Å². The van der Waals surface area contributed by atoms with Crippen LogP contribution in [-0.4, -0.2) is 41.5 Å². The molecule has 0 radical (unpaired) electrons. The summed E-state index contributed by atoms with van der Waals surface area (Å²) in [5.41, 5.74) is -0.505. The van der Waals surface area contributed by atoms with Gasteiger partial charge in [-0.1, -0.05) is 6.07 Å². The van der Waals surface area contributed by atoms with Gasteiger partial charge in [-0.25, -0.2) is 0 Å². The summed E-state index contributed by atoms with van der Waals surface area (Å²) in [6.07, 6.45) is 0. The predicted molar refractivity (Wildman–Crippen MR) is 78.7 cm³/mol. The number of aliphatic carboxylic acids is 1. The van der Waals surface area contributed by atoms with E-state index in [4.69, 9.17) is 14.6 Å². The lowest BCUT2D eigenvalue weighted by Gasteiger charge is -2.28. The Morgan fingerprint density at radius 2 is 2.05 bits per heavy atom. The number of aliphatic hydroxyl groups excluding tert-OH is 1. The molecule has 0 aromatic heterocycles. The summed E-state index contributed by atoms with van der Waals surface area (Å²) in [6, 6.07) is 5.02. The number of aliphatic hydroxyl groups is 1. The molecule has 0 aliphatic carbocycles. The van der Waals surface area contributed by atoms with Crippen LogP contribution < -0.4 is 14.8 Å². The van der Waals surface area contributed by atoms with E-state index < -0.39 is 11.5 Å². The Kier molecular flexibility index (Phi) is 5.99. The van der Waals surface area contributed by atoms with Crippen LogP contribution in [0.3, 0.4) is 0 Å². The number of carboxylic acids is 1. The number of methoxy groups -OCH3 is 1. The zero-order chi connectivity index (χ0) is 16.0. The van der Waals surface area contributed by atoms with E-state index in [-0.39, 0.29) is 19.3 Å². The van der Waals surface area contributed by atoms with E-state index in [1.165, 1.54) is 7.11 Å². The molecule has 0 fully saturated rings. The molecule has 21 heavy (non-hydrogen) atoms. The number of hydrogen-bond acceptors (Lipinski definition) is 5. The van der Waals surface area contributed by atoms with Crippen LogP contribution in [-0.2, 0) is 11.4 Å². The molecular formula is C15H23NO5. The first kappa shape index (κ1) is 17.3. The van der Waals surface area contributed by atoms with Gasteiger partial charge in [0.25, 0.3) is 0 Å². The third-order valence-electron chi connectivity index (χ3n) is 3.01. The summed E-state index contributed by atoms with van der Waals surface area (Å²) >= 11 is 0. The highest BCUT2D eigenvalue weighted by molar-refractivity contribution is 5.78. The first-order valence-electron chi connectivity index (χ1n) is 6.74. The lowest BCUT2D eigenvalue weighted by Crippen LogP contribution is -2.56. The lowest BCUT2D eigenvalue weighted by atomic mass is 10.0. The molecule has 1 aromatic carbocycles. The van der Waals surface area contributed by atoms with Crippen molar-refractivity contribution in [3.8, 4) is 11.5 Å². The predicted octanol–water partition coefficient (Wildman–Crippen LogP) is 1.41. The molecule has 0 saturated heterocycles. The summed E-state index contributed by atoms with van der Waals surface area (Å²) in [7, 11) is 1.49. The van der Waals surface area contributed by atoms with E-state index >= 15 is 0 Å². The van der Waals surface area contributed by atoms with Gasteiger partial charge in [0.2, 0.25) is 0 Å². The molecular weight excluding hydrogens is 274 g/mol. The van der Waals surface area contributed by atoms with Crippen molar-refractivity contribution in [2.75, 3.05) is 13.7 Å². The number of carbonyl (C=O) groups is 1. The quantitative estimate of drug-likeness (QED) is 0.672. The molecule has 0 amide bonds. The molecule has 3 N–H and O–H groups in total. The van der Waals surface area contributed by atoms with Crippen molar-refractivity contribution in [2.45, 2.75) is 39.0 Å². The Balaban J connectivity index is 2.87. The molecule has 0 aliphatic rings. The Labute approximate surface area is 124 Å². The van der Waals surface area contributed by atoms with Crippen molar-refractivity contribution >= 4 is 5.97 Å². The van der Waals surface area contributed by atoms with Gasteiger partial charge in [0.15, 0.2) is 11.5 Å². The van der Waals surface area contributed by atoms with Gasteiger partial charge in [-0.3, -0.25) is 10.1 Å². The topological polar surface area (TPSA) is 88.0 Å². The van der Waals surface area contributed by atoms with E-state index in [1.807, 2.05) is 13.8 Å². The molecule has 0 aliphatic heterocycles. The van der Waals surface area contributed by atoms with Crippen molar-refractivity contribution < 1.29 is 24.5 Å². The molecule has 1 rings (SSSR count). The maximum absolute atomic E-state index is 11.4. The highest BCUT2D eigenvalue weighted by Gasteiger charge is 2.34. The largest absolute Gasteiger partial charge is 0.493 e. The van der Waals surface area contributed by atoms with Crippen molar-refractivity contribution in [3.05, 3.63) is 23.8 Å². The summed E-state index contributed by atoms with van der Waals surface area (Å²) in [6.45, 7) is 5.17. The number of nitrogens with one attached hydrogen (secondary N) is 1. The van der Waals surface area contributed by atoms with Gasteiger partial charge in [-0.15, -0.1) is 0 Å². The fourth-order valence-corrected chi connectivity index (χ4v) is 1.95. The van der Waals surface area contributed by atoms with Gasteiger partial charge >= 0.3 is 5.97 Å². The summed E-state index contributed by atoms with van der Waals surface area (Å²) in [5.74, 6) is -0.0892. The standard InChI is InChI=1S/C15H23NO5/c1-10(2)16-15(3,14(18)19)9-21-12-6-5-11(8-17)7-13(12)20-4/h5-7,10,16-17H,8-9H2,1-4H3,(H,18,19). The summed E-state index contributed by atoms with van der Waals surface area (Å²) in [5, 5.41) is 21.4. The van der Waals surface area contributed by atoms with Crippen LogP contribution in [0.4, 0.5) is 0 Å². The minimum atomic E-state index is -1.20. The highest BCUT2D eigenvalue weighted by atomic mass is 16.5. The number of rotatable bonds is 8. The summed E-state index contributed by atoms with van der Waals surface area (Å²) < 4.78 is 10.8. The molecule has 6 heteroatoms. The van der Waals surface area contributed by atoms with Crippen LogP contribution >= 0.6 is 0 Å². The Bertz CT molecular complexity index is 489. The molecule has 0 saturated carbocycles. The minimum absolute atomic E-state index is 0.00774. The van der Waals surface area contributed by atoms with Crippen LogP contribution in [0.25, 0.3) is 0 Å². The van der Waals surface area contributed by atoms with E-state index in [0.29, 0.717) is 17.1 Å². The van der Waals surface area contributed by atoms with E-state index in [0.717, 1.165) is 0 Å². The van der Waals surface area contributed by atoms with Crippen LogP contribution in [0, 0.1) is 0 Å². The fraction of sp³-hybridized carbons (Fsp3) is 0.533. The molecule has 0 spiro atoms. The van der Waals surface area contributed by atoms with E-state index in [9.17, 15) is 9.90 Å². The van der Waals surface area contributed by atoms with Gasteiger partial charge in [0.1, 0.15) is 12.1 Å². The first-order valence-corrected chi connectivity index (χ1v) is 6.74. The zero-order valence-electron chi connectivity index (χ0n) is 12.8. The smallest absolute Gasteiger partial charge is 0.327 e. The van der Waals surface area contributed by atoms with Crippen molar-refractivity contribution in [1.82, 2.24) is 5.32 Å². The second-order valence-electron chi connectivity index (χ2n) is 5.37. The van der Waals surface area contributed by atoms with E-state index in [2.05, 4.69) is 5.32 Å². The van der Waals surface area contributed by atoms with Crippen molar-refractivity contribution in [2.24, 2.45) is 0 Å². The summed E-state index contributed by atoms with van der Waals surface area (Å²) in [4.78, 5) is 11.4. The van der Waals surface area contributed by atoms with Gasteiger partial charge in [0.05, 0.1) is 13.7 Å². The van der Waals surface area contributed by atoms with Gasteiger partial charge < -0.3 is 19.7 Å². The minimum Gasteiger partial charge on any atom is -0.493 e. The molecule has 6 nitrogen and oxygen atoms in total. The monoisotopic (exact) mass is 297 g/mol. The normalized spacial score (nSPS) is 13.8. The third-order valence-corrected chi connectivity index (χ3v) is 3.01. The number of benzene rings is 1. The van der Waals surface area contributed by atoms with Crippen molar-refractivity contribution in [3.63, 3.8) is 0 Å². The molecule has 1 unspecified atom stereocenters. The maximum atomic E-state index is 11.4. The van der Waals surface area contributed by atoms with Crippen LogP contribution in [0.5, 0.6) is 11.5 Å². The Morgan fingerprint density at radius 3 is 2.52 bits per heavy atom. The third kappa shape index (κ3) is 4.61. The Morgan fingerprint density at radius 1 is 1.38 bits per heavy atom. The first-order chi connectivity index (χ1) is 9.82. The molecule has 118 valence electrons. The van der Waals surface area contributed by atoms with Gasteiger partial charge in [-0.05, 0) is 38.5 Å². The molecule has 0 heterocycles. The number of carboxylic acid groups (broad SMARTS) is 1. The van der Waals surface area contributed by atoms with Crippen LogP contribution in [0.2, 0.25) is 0 Å². The van der Waals surface area contributed by atoms with Crippen molar-refractivity contribution in [1.29, 1.82) is 0 Å². The maximum Gasteiger partial charge on any atom is 0.327 e.